The van der Waals surface area contributed by atoms with Crippen molar-refractivity contribution in [1.82, 2.24) is 10.0 Å². The number of rotatable bonds is 6. The van der Waals surface area contributed by atoms with E-state index in [1.54, 1.807) is 12.1 Å². The number of nitrogens with one attached hydrogen (secondary N) is 2. The first kappa shape index (κ1) is 24.5. The molecule has 2 aromatic rings. The molecule has 0 spiro atoms. The third-order valence-electron chi connectivity index (χ3n) is 6.02. The Balaban J connectivity index is 1.52. The Morgan fingerprint density at radius 1 is 1.09 bits per heavy atom. The van der Waals surface area contributed by atoms with E-state index in [2.05, 4.69) is 10.0 Å². The molecule has 0 radical (unpaired) electrons. The Morgan fingerprint density at radius 2 is 1.66 bits per heavy atom. The van der Waals surface area contributed by atoms with E-state index in [0.717, 1.165) is 17.7 Å². The molecule has 1 unspecified atom stereocenters. The lowest BCUT2D eigenvalue weighted by atomic mass is 9.73. The van der Waals surface area contributed by atoms with Crippen LogP contribution in [0.2, 0.25) is 0 Å². The molecule has 3 rings (SSSR count). The third-order valence-corrected chi connectivity index (χ3v) is 7.27. The molecule has 1 amide bonds. The molecular weight excluding hydrogens is 444 g/mol. The highest BCUT2D eigenvalue weighted by molar-refractivity contribution is 7.89. The van der Waals surface area contributed by atoms with Crippen LogP contribution >= 0.6 is 0 Å². The van der Waals surface area contributed by atoms with Gasteiger partial charge in [0.15, 0.2) is 4.90 Å². The van der Waals surface area contributed by atoms with Crippen molar-refractivity contribution in [2.45, 2.75) is 62.7 Å². The van der Waals surface area contributed by atoms with Crippen LogP contribution in [0.4, 0.5) is 17.6 Å². The smallest absolute Gasteiger partial charge is 0.416 e. The minimum atomic E-state index is -4.43. The number of halogens is 4. The van der Waals surface area contributed by atoms with Gasteiger partial charge in [-0.05, 0) is 74.6 Å². The molecule has 1 saturated carbocycles. The minimum absolute atomic E-state index is 0.0864. The maximum atomic E-state index is 13.1. The van der Waals surface area contributed by atoms with E-state index < -0.39 is 28.5 Å². The van der Waals surface area contributed by atoms with Crippen molar-refractivity contribution in [3.8, 4) is 0 Å². The van der Waals surface area contributed by atoms with Crippen LogP contribution in [0.25, 0.3) is 0 Å². The summed E-state index contributed by atoms with van der Waals surface area (Å²) in [6.45, 7) is 3.73. The van der Waals surface area contributed by atoms with Gasteiger partial charge in [0, 0.05) is 5.41 Å². The van der Waals surface area contributed by atoms with Gasteiger partial charge in [0.25, 0.3) is 0 Å². The lowest BCUT2D eigenvalue weighted by Gasteiger charge is -2.36. The molecule has 1 fully saturated rings. The summed E-state index contributed by atoms with van der Waals surface area (Å²) >= 11 is -1.64. The minimum Gasteiger partial charge on any atom is -0.593 e. The molecule has 0 saturated heterocycles. The number of benzene rings is 2. The predicted molar refractivity (Wildman–Crippen MR) is 114 cm³/mol. The Kier molecular flexibility index (Phi) is 7.52. The number of hydrogen-bond donors (Lipinski definition) is 2. The van der Waals surface area contributed by atoms with E-state index in [1.807, 2.05) is 13.8 Å². The van der Waals surface area contributed by atoms with Crippen LogP contribution in [0.1, 0.15) is 56.7 Å². The second-order valence-electron chi connectivity index (χ2n) is 8.49. The SMILES string of the molecule is C[C@@H](NC(=O)[C@]1(C)CC[C@@H](N[S+]([O-])c2ccc(C(F)(F)F)cc2)CC1)c1ccc(F)cc1. The molecule has 0 bridgehead atoms. The van der Waals surface area contributed by atoms with E-state index in [4.69, 9.17) is 0 Å². The summed E-state index contributed by atoms with van der Waals surface area (Å²) in [5, 5.41) is 2.99. The zero-order valence-electron chi connectivity index (χ0n) is 17.8. The topological polar surface area (TPSA) is 64.2 Å². The number of alkyl halides is 3. The molecule has 9 heteroatoms. The fourth-order valence-corrected chi connectivity index (χ4v) is 4.85. The van der Waals surface area contributed by atoms with Crippen molar-refractivity contribution in [2.75, 3.05) is 0 Å². The van der Waals surface area contributed by atoms with Gasteiger partial charge in [0.2, 0.25) is 5.91 Å². The summed E-state index contributed by atoms with van der Waals surface area (Å²) in [4.78, 5) is 13.2. The predicted octanol–water partition coefficient (Wildman–Crippen LogP) is 5.28. The Hall–Kier alpha value is -2.10. The fourth-order valence-electron chi connectivity index (χ4n) is 3.79. The third kappa shape index (κ3) is 6.02. The zero-order chi connectivity index (χ0) is 23.5. The molecule has 4 nitrogen and oxygen atoms in total. The largest absolute Gasteiger partial charge is 0.593 e. The first-order valence-corrected chi connectivity index (χ1v) is 11.5. The maximum absolute atomic E-state index is 13.1. The lowest BCUT2D eigenvalue weighted by Crippen LogP contribution is -2.46. The molecule has 0 heterocycles. The molecule has 32 heavy (non-hydrogen) atoms. The monoisotopic (exact) mass is 470 g/mol. The quantitative estimate of drug-likeness (QED) is 0.446. The summed E-state index contributed by atoms with van der Waals surface area (Å²) in [6, 6.07) is 9.88. The fraction of sp³-hybridized carbons (Fsp3) is 0.435. The van der Waals surface area contributed by atoms with Crippen LogP contribution < -0.4 is 10.0 Å². The van der Waals surface area contributed by atoms with E-state index in [0.29, 0.717) is 25.7 Å². The van der Waals surface area contributed by atoms with Gasteiger partial charge in [-0.15, -0.1) is 4.72 Å². The van der Waals surface area contributed by atoms with Crippen molar-refractivity contribution < 1.29 is 26.9 Å². The van der Waals surface area contributed by atoms with Crippen molar-refractivity contribution in [3.05, 3.63) is 65.5 Å². The van der Waals surface area contributed by atoms with E-state index in [-0.39, 0.29) is 28.7 Å². The molecule has 0 aliphatic heterocycles. The Bertz CT molecular complexity index is 911. The van der Waals surface area contributed by atoms with Crippen molar-refractivity contribution in [3.63, 3.8) is 0 Å². The number of carbonyl (C=O) groups is 1. The molecule has 1 aliphatic carbocycles. The summed E-state index contributed by atoms with van der Waals surface area (Å²) < 4.78 is 66.6. The van der Waals surface area contributed by atoms with E-state index in [1.165, 1.54) is 24.3 Å². The average Bonchev–Trinajstić information content (AvgIpc) is 2.75. The van der Waals surface area contributed by atoms with Crippen LogP contribution in [0.5, 0.6) is 0 Å². The first-order valence-electron chi connectivity index (χ1n) is 10.4. The van der Waals surface area contributed by atoms with Crippen LogP contribution in [0.15, 0.2) is 53.4 Å². The van der Waals surface area contributed by atoms with Gasteiger partial charge in [-0.2, -0.15) is 13.2 Å². The number of hydrogen-bond acceptors (Lipinski definition) is 3. The second kappa shape index (κ2) is 9.80. The Morgan fingerprint density at radius 3 is 2.19 bits per heavy atom. The van der Waals surface area contributed by atoms with Crippen LogP contribution in [0, 0.1) is 11.2 Å². The van der Waals surface area contributed by atoms with Gasteiger partial charge in [0.1, 0.15) is 5.82 Å². The highest BCUT2D eigenvalue weighted by Gasteiger charge is 2.39. The van der Waals surface area contributed by atoms with Crippen molar-refractivity contribution in [2.24, 2.45) is 5.41 Å². The lowest BCUT2D eigenvalue weighted by molar-refractivity contribution is -0.137. The van der Waals surface area contributed by atoms with Gasteiger partial charge >= 0.3 is 6.18 Å². The summed E-state index contributed by atoms with van der Waals surface area (Å²) in [5.74, 6) is -0.421. The maximum Gasteiger partial charge on any atom is 0.416 e. The Labute approximate surface area is 188 Å². The number of carbonyl (C=O) groups excluding carboxylic acids is 1. The number of amides is 1. The molecule has 2 atom stereocenters. The normalized spacial score (nSPS) is 23.4. The first-order chi connectivity index (χ1) is 15.0. The van der Waals surface area contributed by atoms with Gasteiger partial charge in [-0.3, -0.25) is 4.79 Å². The van der Waals surface area contributed by atoms with E-state index >= 15 is 0 Å². The van der Waals surface area contributed by atoms with Crippen LogP contribution in [-0.2, 0) is 22.3 Å². The van der Waals surface area contributed by atoms with Gasteiger partial charge in [0.05, 0.1) is 29.0 Å². The zero-order valence-corrected chi connectivity index (χ0v) is 18.7. The molecule has 174 valence electrons. The van der Waals surface area contributed by atoms with Gasteiger partial charge < -0.3 is 9.87 Å². The molecule has 2 aromatic carbocycles. The molecule has 0 aromatic heterocycles. The van der Waals surface area contributed by atoms with Gasteiger partial charge in [-0.25, -0.2) is 4.39 Å². The van der Waals surface area contributed by atoms with E-state index in [9.17, 15) is 26.9 Å². The highest BCUT2D eigenvalue weighted by Crippen LogP contribution is 2.37. The summed E-state index contributed by atoms with van der Waals surface area (Å²) in [5.41, 5.74) is -0.555. The summed E-state index contributed by atoms with van der Waals surface area (Å²) in [6.07, 6.45) is -2.05. The standard InChI is InChI=1S/C23H26F4N2O2S/c1-15(16-3-7-18(24)8-4-16)28-21(30)22(2)13-11-19(12-14-22)29-32(31)20-9-5-17(6-10-20)23(25,26)27/h3-10,15,19,29H,11-14H2,1-2H3,(H,28,30)/t15-,19-,22-,32?/m1/s1. The molecule has 1 aliphatic rings. The van der Waals surface area contributed by atoms with Crippen LogP contribution in [0.3, 0.4) is 0 Å². The van der Waals surface area contributed by atoms with Gasteiger partial charge in [-0.1, -0.05) is 19.1 Å². The van der Waals surface area contributed by atoms with Crippen molar-refractivity contribution in [1.29, 1.82) is 0 Å². The average molecular weight is 471 g/mol. The summed E-state index contributed by atoms with van der Waals surface area (Å²) in [7, 11) is 0. The highest BCUT2D eigenvalue weighted by atomic mass is 32.2. The second-order valence-corrected chi connectivity index (χ2v) is 9.73. The van der Waals surface area contributed by atoms with Crippen LogP contribution in [-0.4, -0.2) is 16.5 Å². The molecular formula is C23H26F4N2O2S. The molecule has 2 N–H and O–H groups in total. The van der Waals surface area contributed by atoms with Crippen molar-refractivity contribution >= 4 is 17.3 Å².